The first-order valence-electron chi connectivity index (χ1n) is 5.85. The van der Waals surface area contributed by atoms with E-state index in [1.807, 2.05) is 0 Å². The Kier molecular flexibility index (Phi) is 3.32. The Morgan fingerprint density at radius 3 is 2.44 bits per heavy atom. The van der Waals surface area contributed by atoms with Gasteiger partial charge in [0.15, 0.2) is 5.82 Å². The molecule has 2 N–H and O–H groups in total. The fourth-order valence-electron chi connectivity index (χ4n) is 2.44. The molecule has 1 heterocycles. The smallest absolute Gasteiger partial charge is 0.349 e. The first kappa shape index (κ1) is 12.9. The van der Waals surface area contributed by atoms with Gasteiger partial charge >= 0.3 is 5.97 Å². The number of hydrogen-bond donors (Lipinski definition) is 2. The lowest BCUT2D eigenvalue weighted by molar-refractivity contribution is -0.200. The quantitative estimate of drug-likeness (QED) is 0.743. The van der Waals surface area contributed by atoms with E-state index in [-0.39, 0.29) is 5.82 Å². The van der Waals surface area contributed by atoms with Gasteiger partial charge < -0.3 is 14.9 Å². The number of aromatic nitrogens is 2. The van der Waals surface area contributed by atoms with Crippen LogP contribution in [-0.2, 0) is 15.1 Å². The van der Waals surface area contributed by atoms with Crippen LogP contribution in [0.5, 0.6) is 0 Å². The van der Waals surface area contributed by atoms with Gasteiger partial charge in [-0.1, -0.05) is 12.8 Å². The van der Waals surface area contributed by atoms with Crippen molar-refractivity contribution in [2.45, 2.75) is 36.9 Å². The van der Waals surface area contributed by atoms with Crippen molar-refractivity contribution in [2.24, 2.45) is 0 Å². The van der Waals surface area contributed by atoms with E-state index in [4.69, 9.17) is 0 Å². The van der Waals surface area contributed by atoms with Crippen LogP contribution < -0.4 is 0 Å². The first-order valence-corrected chi connectivity index (χ1v) is 5.85. The molecule has 2 rings (SSSR count). The molecule has 0 bridgehead atoms. The zero-order valence-corrected chi connectivity index (χ0v) is 10.2. The first-order chi connectivity index (χ1) is 8.54. The second kappa shape index (κ2) is 4.62. The Morgan fingerprint density at radius 1 is 1.39 bits per heavy atom. The molecule has 1 atom stereocenters. The van der Waals surface area contributed by atoms with Gasteiger partial charge in [-0.3, -0.25) is 0 Å². The Bertz CT molecular complexity index is 431. The van der Waals surface area contributed by atoms with Crippen LogP contribution in [0.25, 0.3) is 0 Å². The average Bonchev–Trinajstić information content (AvgIpc) is 2.86. The maximum Gasteiger partial charge on any atom is 0.349 e. The zero-order chi connectivity index (χ0) is 13.2. The van der Waals surface area contributed by atoms with Gasteiger partial charge in [-0.05, 0) is 18.9 Å². The summed E-state index contributed by atoms with van der Waals surface area (Å²) in [6.07, 6.45) is 4.93. The van der Waals surface area contributed by atoms with E-state index < -0.39 is 17.2 Å². The second-order valence-electron chi connectivity index (χ2n) is 4.51. The van der Waals surface area contributed by atoms with Crippen molar-refractivity contribution in [3.05, 3.63) is 24.3 Å². The molecule has 6 nitrogen and oxygen atoms in total. The van der Waals surface area contributed by atoms with Crippen LogP contribution in [-0.4, -0.2) is 38.9 Å². The van der Waals surface area contributed by atoms with E-state index in [0.29, 0.717) is 12.8 Å². The number of nitrogens with zero attached hydrogens (tertiary/aromatic N) is 2. The molecule has 0 spiro atoms. The summed E-state index contributed by atoms with van der Waals surface area (Å²) in [5.74, 6) is -1.06. The summed E-state index contributed by atoms with van der Waals surface area (Å²) in [5.41, 5.74) is -3.78. The average molecular weight is 252 g/mol. The molecule has 1 unspecified atom stereocenters. The number of carbonyl (C=O) groups is 1. The number of rotatable bonds is 3. The van der Waals surface area contributed by atoms with Crippen LogP contribution in [0.15, 0.2) is 18.5 Å². The van der Waals surface area contributed by atoms with E-state index in [1.165, 1.54) is 12.4 Å². The molecule has 1 aromatic heterocycles. The molecule has 0 aliphatic heterocycles. The number of hydrogen-bond acceptors (Lipinski definition) is 6. The third-order valence-electron chi connectivity index (χ3n) is 3.47. The summed E-state index contributed by atoms with van der Waals surface area (Å²) >= 11 is 0. The maximum atomic E-state index is 11.9. The summed E-state index contributed by atoms with van der Waals surface area (Å²) in [4.78, 5) is 19.7. The molecule has 1 fully saturated rings. The van der Waals surface area contributed by atoms with Crippen molar-refractivity contribution in [1.82, 2.24) is 9.97 Å². The highest BCUT2D eigenvalue weighted by Crippen LogP contribution is 2.43. The van der Waals surface area contributed by atoms with Gasteiger partial charge in [0.1, 0.15) is 5.60 Å². The van der Waals surface area contributed by atoms with Crippen LogP contribution in [0.2, 0.25) is 0 Å². The van der Waals surface area contributed by atoms with Crippen LogP contribution in [0.4, 0.5) is 0 Å². The lowest BCUT2D eigenvalue weighted by atomic mass is 9.80. The summed E-state index contributed by atoms with van der Waals surface area (Å²) in [6, 6.07) is 1.57. The van der Waals surface area contributed by atoms with Crippen molar-refractivity contribution in [2.75, 3.05) is 7.11 Å². The highest BCUT2D eigenvalue weighted by molar-refractivity contribution is 5.81. The Balaban J connectivity index is 2.51. The second-order valence-corrected chi connectivity index (χ2v) is 4.51. The topological polar surface area (TPSA) is 92.5 Å². The highest BCUT2D eigenvalue weighted by atomic mass is 16.5. The van der Waals surface area contributed by atoms with Crippen LogP contribution in [0.1, 0.15) is 31.5 Å². The minimum atomic E-state index is -2.21. The van der Waals surface area contributed by atoms with Gasteiger partial charge in [-0.2, -0.15) is 0 Å². The molecule has 6 heteroatoms. The Labute approximate surface area is 105 Å². The van der Waals surface area contributed by atoms with Gasteiger partial charge in [-0.15, -0.1) is 0 Å². The summed E-state index contributed by atoms with van der Waals surface area (Å²) in [6.45, 7) is 0. The Morgan fingerprint density at radius 2 is 1.94 bits per heavy atom. The molecule has 0 aromatic carbocycles. The molecule has 0 radical (unpaired) electrons. The van der Waals surface area contributed by atoms with E-state index in [9.17, 15) is 15.0 Å². The molecule has 1 aliphatic rings. The fourth-order valence-corrected chi connectivity index (χ4v) is 2.44. The van der Waals surface area contributed by atoms with E-state index in [0.717, 1.165) is 20.0 Å². The molecule has 1 aliphatic carbocycles. The zero-order valence-electron chi connectivity index (χ0n) is 10.2. The van der Waals surface area contributed by atoms with Gasteiger partial charge in [0.2, 0.25) is 0 Å². The van der Waals surface area contributed by atoms with Crippen molar-refractivity contribution < 1.29 is 19.7 Å². The van der Waals surface area contributed by atoms with Gasteiger partial charge in [0.05, 0.1) is 7.11 Å². The summed E-state index contributed by atoms with van der Waals surface area (Å²) in [7, 11) is 1.16. The minimum absolute atomic E-state index is 0.124. The Hall–Kier alpha value is -1.53. The monoisotopic (exact) mass is 252 g/mol. The van der Waals surface area contributed by atoms with Crippen LogP contribution in [0.3, 0.4) is 0 Å². The van der Waals surface area contributed by atoms with Crippen molar-refractivity contribution in [1.29, 1.82) is 0 Å². The number of carbonyl (C=O) groups excluding carboxylic acids is 1. The molecule has 98 valence electrons. The van der Waals surface area contributed by atoms with E-state index in [1.54, 1.807) is 6.07 Å². The molecule has 0 saturated heterocycles. The molecule has 0 amide bonds. The number of methoxy groups -OCH3 is 1. The lowest BCUT2D eigenvalue weighted by Gasteiger charge is -2.37. The SMILES string of the molecule is COC(=O)C(O)(c1ncccn1)C1(O)CCCC1. The molecular formula is C12H16N2O4. The predicted octanol–water partition coefficient (Wildman–Crippen LogP) is 0.142. The van der Waals surface area contributed by atoms with Gasteiger partial charge in [0.25, 0.3) is 5.60 Å². The van der Waals surface area contributed by atoms with E-state index >= 15 is 0 Å². The van der Waals surface area contributed by atoms with Crippen molar-refractivity contribution in [3.63, 3.8) is 0 Å². The third-order valence-corrected chi connectivity index (χ3v) is 3.47. The predicted molar refractivity (Wildman–Crippen MR) is 61.4 cm³/mol. The molecule has 1 aromatic rings. The molecule has 18 heavy (non-hydrogen) atoms. The number of ether oxygens (including phenoxy) is 1. The largest absolute Gasteiger partial charge is 0.466 e. The summed E-state index contributed by atoms with van der Waals surface area (Å²) in [5, 5.41) is 21.2. The van der Waals surface area contributed by atoms with Crippen LogP contribution in [0, 0.1) is 0 Å². The standard InChI is InChI=1S/C12H16N2O4/c1-18-10(15)12(17,9-13-7-4-8-14-9)11(16)5-2-3-6-11/h4,7-8,16-17H,2-3,5-6H2,1H3. The number of aliphatic hydroxyl groups is 2. The van der Waals surface area contributed by atoms with Gasteiger partial charge in [-0.25, -0.2) is 14.8 Å². The minimum Gasteiger partial charge on any atom is -0.466 e. The maximum absolute atomic E-state index is 11.9. The number of esters is 1. The normalized spacial score (nSPS) is 21.3. The molecule has 1 saturated carbocycles. The fraction of sp³-hybridized carbons (Fsp3) is 0.583. The molecular weight excluding hydrogens is 236 g/mol. The lowest BCUT2D eigenvalue weighted by Crippen LogP contribution is -2.56. The van der Waals surface area contributed by atoms with Crippen LogP contribution >= 0.6 is 0 Å². The van der Waals surface area contributed by atoms with Crippen molar-refractivity contribution in [3.8, 4) is 0 Å². The van der Waals surface area contributed by atoms with Crippen molar-refractivity contribution >= 4 is 5.97 Å². The van der Waals surface area contributed by atoms with Gasteiger partial charge in [0, 0.05) is 12.4 Å². The van der Waals surface area contributed by atoms with E-state index in [2.05, 4.69) is 14.7 Å². The third kappa shape index (κ3) is 1.77. The highest BCUT2D eigenvalue weighted by Gasteiger charge is 2.60. The summed E-state index contributed by atoms with van der Waals surface area (Å²) < 4.78 is 4.62.